The normalized spacial score (nSPS) is 16.5. The molecular weight excluding hydrogens is 529 g/mol. The van der Waals surface area contributed by atoms with Crippen molar-refractivity contribution in [3.8, 4) is 6.07 Å². The van der Waals surface area contributed by atoms with Crippen LogP contribution in [0.15, 0.2) is 94.2 Å². The number of hydrogen-bond acceptors (Lipinski definition) is 7. The quantitative estimate of drug-likeness (QED) is 0.316. The summed E-state index contributed by atoms with van der Waals surface area (Å²) < 4.78 is 13.7. The number of nitrogens with zero attached hydrogens (tertiary/aromatic N) is 3. The van der Waals surface area contributed by atoms with Gasteiger partial charge in [0.15, 0.2) is 5.17 Å². The highest BCUT2D eigenvalue weighted by molar-refractivity contribution is 8.19. The number of carbonyl (C=O) groups is 1. The van der Waals surface area contributed by atoms with Crippen LogP contribution in [0.5, 0.6) is 0 Å². The number of hydrogen-bond donors (Lipinski definition) is 2. The number of amides is 1. The summed E-state index contributed by atoms with van der Waals surface area (Å²) >= 11 is 2.64. The van der Waals surface area contributed by atoms with Crippen molar-refractivity contribution in [2.75, 3.05) is 18.4 Å². The fraction of sp³-hybridized carbons (Fsp3) is 0.167. The number of thioether (sulfide) groups is 2. The lowest BCUT2D eigenvalue weighted by atomic mass is 10.1. The van der Waals surface area contributed by atoms with Crippen LogP contribution >= 0.6 is 23.5 Å². The topological polar surface area (TPSA) is 83.2 Å². The van der Waals surface area contributed by atoms with Crippen LogP contribution in [0.3, 0.4) is 0 Å². The molecule has 2 heterocycles. The zero-order chi connectivity index (χ0) is 27.8. The molecule has 0 atom stereocenters. The Labute approximate surface area is 236 Å². The van der Waals surface area contributed by atoms with E-state index < -0.39 is 0 Å². The van der Waals surface area contributed by atoms with Crippen LogP contribution in [0.2, 0.25) is 0 Å². The first-order valence-corrected chi connectivity index (χ1v) is 14.2. The van der Waals surface area contributed by atoms with Crippen LogP contribution in [0.1, 0.15) is 30.5 Å². The maximum absolute atomic E-state index is 13.7. The Morgan fingerprint density at radius 3 is 2.38 bits per heavy atom. The average Bonchev–Trinajstić information content (AvgIpc) is 3.51. The molecule has 0 aromatic heterocycles. The molecule has 198 valence electrons. The predicted molar refractivity (Wildman–Crippen MR) is 159 cm³/mol. The molecule has 2 N–H and O–H groups in total. The van der Waals surface area contributed by atoms with Crippen molar-refractivity contribution < 1.29 is 9.18 Å². The van der Waals surface area contributed by atoms with Crippen LogP contribution in [-0.2, 0) is 11.3 Å². The second-order valence-corrected chi connectivity index (χ2v) is 10.4. The van der Waals surface area contributed by atoms with Crippen LogP contribution in [0.25, 0.3) is 5.70 Å². The molecule has 1 fully saturated rings. The Hall–Kier alpha value is -4.00. The standard InChI is InChI=1S/C21H18FN3OS2.C9H10N2/c1-2-24-17(15-9-6-10-16(22)11-15)13-27-20(24)18-19(26)25(21(23)28-18)12-14-7-4-3-5-8-14;1-2-11-9-5-3-8(7-10)4-6-9/h3-11,13,23H,2,12H2,1H3;3-6,11H,2H2,1H3/b20-18-,23-21?;. The van der Waals surface area contributed by atoms with Gasteiger partial charge in [-0.1, -0.05) is 54.2 Å². The van der Waals surface area contributed by atoms with Gasteiger partial charge in [-0.25, -0.2) is 4.39 Å². The number of benzene rings is 3. The number of rotatable bonds is 6. The number of nitriles is 1. The highest BCUT2D eigenvalue weighted by Crippen LogP contribution is 2.46. The van der Waals surface area contributed by atoms with Crippen LogP contribution in [0, 0.1) is 22.6 Å². The molecule has 3 aromatic carbocycles. The third kappa shape index (κ3) is 6.72. The lowest BCUT2D eigenvalue weighted by molar-refractivity contribution is -0.122. The van der Waals surface area contributed by atoms with Crippen molar-refractivity contribution in [2.45, 2.75) is 20.4 Å². The molecule has 6 nitrogen and oxygen atoms in total. The second-order valence-electron chi connectivity index (χ2n) is 8.51. The number of amidine groups is 1. The zero-order valence-electron chi connectivity index (χ0n) is 21.6. The van der Waals surface area contributed by atoms with E-state index in [-0.39, 0.29) is 16.9 Å². The van der Waals surface area contributed by atoms with Gasteiger partial charge in [0.2, 0.25) is 0 Å². The summed E-state index contributed by atoms with van der Waals surface area (Å²) in [6, 6.07) is 25.6. The van der Waals surface area contributed by atoms with E-state index in [1.165, 1.54) is 40.6 Å². The van der Waals surface area contributed by atoms with Gasteiger partial charge in [-0.15, -0.1) is 0 Å². The van der Waals surface area contributed by atoms with E-state index in [4.69, 9.17) is 10.7 Å². The van der Waals surface area contributed by atoms with Crippen molar-refractivity contribution in [1.29, 1.82) is 10.7 Å². The maximum Gasteiger partial charge on any atom is 0.269 e. The van der Waals surface area contributed by atoms with Gasteiger partial charge in [0.25, 0.3) is 5.91 Å². The van der Waals surface area contributed by atoms with Crippen molar-refractivity contribution >= 4 is 46.0 Å². The summed E-state index contributed by atoms with van der Waals surface area (Å²) in [5.74, 6) is -0.448. The monoisotopic (exact) mass is 557 g/mol. The van der Waals surface area contributed by atoms with E-state index in [1.54, 1.807) is 18.2 Å². The Morgan fingerprint density at radius 2 is 1.74 bits per heavy atom. The SMILES string of the molecule is CCN1C(c2cccc(F)c2)=CS/C1=C1\SC(=N)N(Cc2ccccc2)C1=O.CCNc1ccc(C#N)cc1. The Balaban J connectivity index is 0.000000270. The third-order valence-corrected chi connectivity index (χ3v) is 8.01. The van der Waals surface area contributed by atoms with Gasteiger partial charge >= 0.3 is 0 Å². The molecule has 0 radical (unpaired) electrons. The molecular formula is C30H28FN5OS2. The van der Waals surface area contributed by atoms with Crippen LogP contribution in [-0.4, -0.2) is 34.0 Å². The number of halogens is 1. The fourth-order valence-electron chi connectivity index (χ4n) is 4.03. The molecule has 2 aliphatic rings. The molecule has 5 rings (SSSR count). The molecule has 0 unspecified atom stereocenters. The molecule has 0 saturated carbocycles. The highest BCUT2D eigenvalue weighted by Gasteiger charge is 2.38. The fourth-order valence-corrected chi connectivity index (χ4v) is 6.18. The first-order valence-electron chi connectivity index (χ1n) is 12.5. The van der Waals surface area contributed by atoms with Gasteiger partial charge in [0, 0.05) is 29.7 Å². The minimum Gasteiger partial charge on any atom is -0.385 e. The lowest BCUT2D eigenvalue weighted by Crippen LogP contribution is -2.28. The minimum absolute atomic E-state index is 0.159. The second kappa shape index (κ2) is 13.2. The summed E-state index contributed by atoms with van der Waals surface area (Å²) in [7, 11) is 0. The Kier molecular flexibility index (Phi) is 9.47. The van der Waals surface area contributed by atoms with Crippen molar-refractivity contribution in [2.24, 2.45) is 0 Å². The van der Waals surface area contributed by atoms with Gasteiger partial charge in [-0.2, -0.15) is 5.26 Å². The first-order chi connectivity index (χ1) is 18.9. The molecule has 9 heteroatoms. The molecule has 2 aliphatic heterocycles. The molecule has 0 aliphatic carbocycles. The molecule has 39 heavy (non-hydrogen) atoms. The average molecular weight is 558 g/mol. The number of nitrogens with one attached hydrogen (secondary N) is 2. The molecule has 0 bridgehead atoms. The van der Waals surface area contributed by atoms with Gasteiger partial charge in [-0.3, -0.25) is 15.1 Å². The molecule has 1 saturated heterocycles. The summed E-state index contributed by atoms with van der Waals surface area (Å²) in [6.45, 7) is 5.97. The lowest BCUT2D eigenvalue weighted by Gasteiger charge is -2.22. The third-order valence-electron chi connectivity index (χ3n) is 5.91. The van der Waals surface area contributed by atoms with E-state index in [9.17, 15) is 9.18 Å². The van der Waals surface area contributed by atoms with Gasteiger partial charge < -0.3 is 10.2 Å². The largest absolute Gasteiger partial charge is 0.385 e. The van der Waals surface area contributed by atoms with Crippen molar-refractivity contribution in [3.05, 3.63) is 117 Å². The molecule has 3 aromatic rings. The van der Waals surface area contributed by atoms with Gasteiger partial charge in [0.05, 0.1) is 28.9 Å². The number of anilines is 1. The van der Waals surface area contributed by atoms with Crippen molar-refractivity contribution in [3.63, 3.8) is 0 Å². The van der Waals surface area contributed by atoms with E-state index in [1.807, 2.05) is 72.7 Å². The summed E-state index contributed by atoms with van der Waals surface area (Å²) in [6.07, 6.45) is 0. The molecule has 1 amide bonds. The maximum atomic E-state index is 13.7. The van der Waals surface area contributed by atoms with Crippen LogP contribution < -0.4 is 5.32 Å². The molecule has 0 spiro atoms. The predicted octanol–water partition coefficient (Wildman–Crippen LogP) is 7.06. The Bertz CT molecular complexity index is 1450. The van der Waals surface area contributed by atoms with E-state index >= 15 is 0 Å². The number of carbonyl (C=O) groups excluding carboxylic acids is 1. The first kappa shape index (κ1) is 28.0. The van der Waals surface area contributed by atoms with Gasteiger partial charge in [0.1, 0.15) is 10.7 Å². The van der Waals surface area contributed by atoms with E-state index in [0.717, 1.165) is 34.1 Å². The van der Waals surface area contributed by atoms with E-state index in [0.29, 0.717) is 23.6 Å². The minimum atomic E-state index is -0.289. The summed E-state index contributed by atoms with van der Waals surface area (Å²) in [5.41, 5.74) is 4.39. The van der Waals surface area contributed by atoms with Crippen molar-refractivity contribution in [1.82, 2.24) is 9.80 Å². The van der Waals surface area contributed by atoms with E-state index in [2.05, 4.69) is 11.4 Å². The Morgan fingerprint density at radius 1 is 1.00 bits per heavy atom. The summed E-state index contributed by atoms with van der Waals surface area (Å²) in [4.78, 5) is 17.1. The highest BCUT2D eigenvalue weighted by atomic mass is 32.2. The smallest absolute Gasteiger partial charge is 0.269 e. The van der Waals surface area contributed by atoms with Crippen LogP contribution in [0.4, 0.5) is 10.1 Å². The summed E-state index contributed by atoms with van der Waals surface area (Å²) in [5, 5.41) is 22.9. The zero-order valence-corrected chi connectivity index (χ0v) is 23.3. The van der Waals surface area contributed by atoms with Gasteiger partial charge in [-0.05, 0) is 67.6 Å².